The number of aliphatic hydroxyl groups excluding tert-OH is 2. The summed E-state index contributed by atoms with van der Waals surface area (Å²) in [5, 5.41) is 32.1. The van der Waals surface area contributed by atoms with Crippen LogP contribution in [0.25, 0.3) is 27.0 Å². The standard InChI is InChI=1S/C28H26BrClF2N6O4S/c1-11(39)25-26(41-4)23(37-10-14(9-33-37)16-5-6-18(30)21(32)20(16)31)24(40)27(42-25)28-34-12(2)36-38(28)15-7-17(29)22-19(8-15)43-13(3)35-22/h5-11,23-27,39-40H,1-4H3/t11?,23?,24?,25?,26-,27-/m1/s1. The Morgan fingerprint density at radius 2 is 1.95 bits per heavy atom. The van der Waals surface area contributed by atoms with Gasteiger partial charge in [0.15, 0.2) is 17.5 Å². The normalized spacial score (nSPS) is 23.3. The van der Waals surface area contributed by atoms with Crippen molar-refractivity contribution in [3.05, 3.63) is 74.4 Å². The molecule has 0 aliphatic carbocycles. The van der Waals surface area contributed by atoms with Gasteiger partial charge in [0.2, 0.25) is 0 Å². The van der Waals surface area contributed by atoms with Crippen molar-refractivity contribution >= 4 is 49.1 Å². The summed E-state index contributed by atoms with van der Waals surface area (Å²) in [5.41, 5.74) is 1.68. The fourth-order valence-electron chi connectivity index (χ4n) is 5.48. The van der Waals surface area contributed by atoms with Gasteiger partial charge < -0.3 is 19.7 Å². The van der Waals surface area contributed by atoms with Gasteiger partial charge in [-0.2, -0.15) is 10.2 Å². The number of nitrogens with zero attached hydrogens (tertiary/aromatic N) is 6. The molecule has 43 heavy (non-hydrogen) atoms. The van der Waals surface area contributed by atoms with Crippen LogP contribution in [0.4, 0.5) is 8.78 Å². The van der Waals surface area contributed by atoms with E-state index in [1.165, 1.54) is 47.7 Å². The Kier molecular flexibility index (Phi) is 8.13. The molecule has 10 nitrogen and oxygen atoms in total. The number of ether oxygens (including phenoxy) is 2. The number of halogens is 4. The number of aromatic nitrogens is 6. The lowest BCUT2D eigenvalue weighted by molar-refractivity contribution is -0.230. The quantitative estimate of drug-likeness (QED) is 0.224. The minimum absolute atomic E-state index is 0.0538. The summed E-state index contributed by atoms with van der Waals surface area (Å²) in [4.78, 5) is 9.18. The van der Waals surface area contributed by atoms with Gasteiger partial charge in [-0.3, -0.25) is 4.68 Å². The number of fused-ring (bicyclic) bond motifs is 1. The summed E-state index contributed by atoms with van der Waals surface area (Å²) >= 11 is 10.9. The highest BCUT2D eigenvalue weighted by atomic mass is 79.9. The maximum atomic E-state index is 14.8. The Morgan fingerprint density at radius 1 is 1.19 bits per heavy atom. The molecule has 1 aliphatic heterocycles. The van der Waals surface area contributed by atoms with E-state index in [-0.39, 0.29) is 16.1 Å². The third-order valence-electron chi connectivity index (χ3n) is 7.40. The number of methoxy groups -OCH3 is 1. The fourth-order valence-corrected chi connectivity index (χ4v) is 7.18. The Balaban J connectivity index is 1.44. The van der Waals surface area contributed by atoms with Crippen molar-refractivity contribution in [1.29, 1.82) is 0 Å². The second kappa shape index (κ2) is 11.6. The van der Waals surface area contributed by atoms with Crippen molar-refractivity contribution < 1.29 is 28.5 Å². The average molecular weight is 696 g/mol. The Labute approximate surface area is 262 Å². The summed E-state index contributed by atoms with van der Waals surface area (Å²) in [7, 11) is 1.43. The van der Waals surface area contributed by atoms with Gasteiger partial charge in [-0.05, 0) is 61.0 Å². The smallest absolute Gasteiger partial charge is 0.178 e. The summed E-state index contributed by atoms with van der Waals surface area (Å²) in [5.74, 6) is -1.57. The molecule has 0 saturated carbocycles. The molecule has 0 spiro atoms. The zero-order chi connectivity index (χ0) is 30.7. The minimum Gasteiger partial charge on any atom is -0.391 e. The summed E-state index contributed by atoms with van der Waals surface area (Å²) in [6.07, 6.45) is -2.42. The zero-order valence-electron chi connectivity index (χ0n) is 23.2. The van der Waals surface area contributed by atoms with Crippen molar-refractivity contribution in [1.82, 2.24) is 29.5 Å². The monoisotopic (exact) mass is 694 g/mol. The van der Waals surface area contributed by atoms with Crippen LogP contribution >= 0.6 is 38.9 Å². The molecule has 0 radical (unpaired) electrons. The van der Waals surface area contributed by atoms with Crippen LogP contribution in [0.15, 0.2) is 41.1 Å². The van der Waals surface area contributed by atoms with Crippen molar-refractivity contribution in [2.24, 2.45) is 0 Å². The third kappa shape index (κ3) is 5.28. The van der Waals surface area contributed by atoms with E-state index in [4.69, 9.17) is 21.1 Å². The van der Waals surface area contributed by atoms with E-state index in [1.54, 1.807) is 18.5 Å². The highest BCUT2D eigenvalue weighted by Gasteiger charge is 2.50. The predicted molar refractivity (Wildman–Crippen MR) is 159 cm³/mol. The van der Waals surface area contributed by atoms with Crippen LogP contribution in [-0.2, 0) is 9.47 Å². The molecule has 0 amide bonds. The maximum Gasteiger partial charge on any atom is 0.178 e. The molecule has 1 fully saturated rings. The fraction of sp³-hybridized carbons (Fsp3) is 0.357. The van der Waals surface area contributed by atoms with E-state index in [1.807, 2.05) is 19.1 Å². The molecular weight excluding hydrogens is 670 g/mol. The molecule has 6 atom stereocenters. The summed E-state index contributed by atoms with van der Waals surface area (Å²) in [6, 6.07) is 5.46. The number of aryl methyl sites for hydroxylation is 2. The topological polar surface area (TPSA) is 120 Å². The molecule has 1 aliphatic rings. The van der Waals surface area contributed by atoms with Gasteiger partial charge in [-0.25, -0.2) is 23.4 Å². The SMILES string of the molecule is CO[C@H]1C(C(C)O)O[C@@H](c2nc(C)nn2-c2cc(Br)c3nc(C)sc3c2)C(O)C1n1cc(-c2ccc(Cl)c(F)c2F)cn1. The van der Waals surface area contributed by atoms with Gasteiger partial charge in [-0.15, -0.1) is 11.3 Å². The van der Waals surface area contributed by atoms with Gasteiger partial charge >= 0.3 is 0 Å². The molecule has 5 aromatic rings. The number of hydrogen-bond donors (Lipinski definition) is 2. The molecule has 2 aromatic carbocycles. The zero-order valence-corrected chi connectivity index (χ0v) is 26.4. The van der Waals surface area contributed by atoms with Crippen LogP contribution in [0.1, 0.15) is 35.7 Å². The van der Waals surface area contributed by atoms with Crippen molar-refractivity contribution in [2.75, 3.05) is 7.11 Å². The van der Waals surface area contributed by atoms with E-state index < -0.39 is 48.2 Å². The first-order chi connectivity index (χ1) is 20.5. The van der Waals surface area contributed by atoms with E-state index in [0.29, 0.717) is 17.3 Å². The molecule has 226 valence electrons. The van der Waals surface area contributed by atoms with Gasteiger partial charge in [0.05, 0.1) is 38.2 Å². The minimum atomic E-state index is -1.32. The highest BCUT2D eigenvalue weighted by Crippen LogP contribution is 2.42. The van der Waals surface area contributed by atoms with Crippen LogP contribution in [-0.4, -0.2) is 71.3 Å². The van der Waals surface area contributed by atoms with Crippen LogP contribution < -0.4 is 0 Å². The van der Waals surface area contributed by atoms with Crippen LogP contribution in [0.2, 0.25) is 5.02 Å². The van der Waals surface area contributed by atoms with Gasteiger partial charge in [-0.1, -0.05) is 11.6 Å². The molecule has 4 heterocycles. The molecule has 4 unspecified atom stereocenters. The van der Waals surface area contributed by atoms with E-state index in [9.17, 15) is 19.0 Å². The molecular formula is C28H26BrClF2N6O4S. The molecule has 6 rings (SSSR count). The molecule has 1 saturated heterocycles. The third-order valence-corrected chi connectivity index (χ3v) is 9.22. The summed E-state index contributed by atoms with van der Waals surface area (Å²) in [6.45, 7) is 5.20. The average Bonchev–Trinajstić information content (AvgIpc) is 3.69. The van der Waals surface area contributed by atoms with Crippen molar-refractivity contribution in [2.45, 2.75) is 57.3 Å². The Morgan fingerprint density at radius 3 is 2.67 bits per heavy atom. The lowest BCUT2D eigenvalue weighted by Crippen LogP contribution is -2.56. The number of aliphatic hydroxyl groups is 2. The van der Waals surface area contributed by atoms with Crippen LogP contribution in [0.5, 0.6) is 0 Å². The van der Waals surface area contributed by atoms with Crippen LogP contribution in [0.3, 0.4) is 0 Å². The number of rotatable bonds is 6. The molecule has 0 bridgehead atoms. The second-order valence-electron chi connectivity index (χ2n) is 10.3. The van der Waals surface area contributed by atoms with Crippen LogP contribution in [0, 0.1) is 25.5 Å². The first kappa shape index (κ1) is 30.2. The molecule has 2 N–H and O–H groups in total. The summed E-state index contributed by atoms with van der Waals surface area (Å²) < 4.78 is 45.7. The predicted octanol–water partition coefficient (Wildman–Crippen LogP) is 5.49. The largest absolute Gasteiger partial charge is 0.391 e. The van der Waals surface area contributed by atoms with Crippen molar-refractivity contribution in [3.63, 3.8) is 0 Å². The first-order valence-electron chi connectivity index (χ1n) is 13.2. The maximum absolute atomic E-state index is 14.8. The van der Waals surface area contributed by atoms with Crippen molar-refractivity contribution in [3.8, 4) is 16.8 Å². The first-order valence-corrected chi connectivity index (χ1v) is 15.2. The molecule has 15 heteroatoms. The number of benzene rings is 2. The number of thiazole rings is 1. The molecule has 3 aromatic heterocycles. The Hall–Kier alpha value is -2.85. The van der Waals surface area contributed by atoms with E-state index in [0.717, 1.165) is 19.7 Å². The van der Waals surface area contributed by atoms with E-state index >= 15 is 0 Å². The highest BCUT2D eigenvalue weighted by molar-refractivity contribution is 9.10. The lowest BCUT2D eigenvalue weighted by atomic mass is 9.89. The van der Waals surface area contributed by atoms with Gasteiger partial charge in [0, 0.05) is 28.9 Å². The Bertz CT molecular complexity index is 1830. The van der Waals surface area contributed by atoms with E-state index in [2.05, 4.69) is 36.1 Å². The van der Waals surface area contributed by atoms with Gasteiger partial charge in [0.25, 0.3) is 0 Å². The van der Waals surface area contributed by atoms with Gasteiger partial charge in [0.1, 0.15) is 36.3 Å². The number of hydrogen-bond acceptors (Lipinski definition) is 9. The second-order valence-corrected chi connectivity index (χ2v) is 12.8. The lowest BCUT2D eigenvalue weighted by Gasteiger charge is -2.44.